The van der Waals surface area contributed by atoms with Crippen LogP contribution in [0.1, 0.15) is 10.4 Å². The van der Waals surface area contributed by atoms with Gasteiger partial charge in [-0.2, -0.15) is 0 Å². The Kier molecular flexibility index (Phi) is 5.84. The van der Waals surface area contributed by atoms with Crippen LogP contribution >= 0.6 is 0 Å². The summed E-state index contributed by atoms with van der Waals surface area (Å²) in [6.07, 6.45) is 3.44. The van der Waals surface area contributed by atoms with Crippen LogP contribution in [0.5, 0.6) is 0 Å². The molecule has 0 atom stereocenters. The first kappa shape index (κ1) is 19.4. The maximum Gasteiger partial charge on any atom is 0.323 e. The molecule has 0 unspecified atom stereocenters. The van der Waals surface area contributed by atoms with Gasteiger partial charge in [0.25, 0.3) is 5.91 Å². The maximum absolute atomic E-state index is 12.8. The summed E-state index contributed by atoms with van der Waals surface area (Å²) in [5, 5.41) is 5.52. The van der Waals surface area contributed by atoms with Gasteiger partial charge in [0.05, 0.1) is 0 Å². The topological polar surface area (TPSA) is 90.5 Å². The van der Waals surface area contributed by atoms with Gasteiger partial charge in [0.2, 0.25) is 5.95 Å². The normalized spacial score (nSPS) is 13.6. The summed E-state index contributed by atoms with van der Waals surface area (Å²) < 4.78 is 0. The second-order valence-corrected chi connectivity index (χ2v) is 6.85. The van der Waals surface area contributed by atoms with Crippen LogP contribution in [-0.2, 0) is 0 Å². The van der Waals surface area contributed by atoms with Gasteiger partial charge in [0, 0.05) is 55.5 Å². The summed E-state index contributed by atoms with van der Waals surface area (Å²) in [5.74, 6) is 0.665. The predicted molar refractivity (Wildman–Crippen MR) is 116 cm³/mol. The Balaban J connectivity index is 1.30. The molecule has 30 heavy (non-hydrogen) atoms. The number of hydrogen-bond donors (Lipinski definition) is 2. The smallest absolute Gasteiger partial charge is 0.323 e. The number of aromatic nitrogens is 2. The highest BCUT2D eigenvalue weighted by molar-refractivity contribution is 6.00. The van der Waals surface area contributed by atoms with Gasteiger partial charge in [-0.1, -0.05) is 18.2 Å². The first-order chi connectivity index (χ1) is 14.7. The van der Waals surface area contributed by atoms with E-state index < -0.39 is 0 Å². The molecule has 1 saturated heterocycles. The van der Waals surface area contributed by atoms with E-state index in [0.29, 0.717) is 49.1 Å². The molecular formula is C22H22N6O2. The number of hydrogen-bond acceptors (Lipinski definition) is 5. The van der Waals surface area contributed by atoms with E-state index in [1.807, 2.05) is 35.2 Å². The molecule has 3 amide bonds. The molecule has 2 heterocycles. The molecular weight excluding hydrogens is 380 g/mol. The van der Waals surface area contributed by atoms with Crippen LogP contribution in [0.2, 0.25) is 0 Å². The molecule has 0 radical (unpaired) electrons. The number of nitrogens with zero attached hydrogens (tertiary/aromatic N) is 4. The van der Waals surface area contributed by atoms with Crippen molar-refractivity contribution in [2.45, 2.75) is 0 Å². The van der Waals surface area contributed by atoms with Crippen LogP contribution < -0.4 is 15.5 Å². The molecule has 8 heteroatoms. The lowest BCUT2D eigenvalue weighted by molar-refractivity contribution is 0.0746. The lowest BCUT2D eigenvalue weighted by Crippen LogP contribution is -2.49. The third-order valence-corrected chi connectivity index (χ3v) is 4.82. The first-order valence-corrected chi connectivity index (χ1v) is 9.73. The lowest BCUT2D eigenvalue weighted by atomic mass is 10.1. The Labute approximate surface area is 174 Å². The van der Waals surface area contributed by atoms with Crippen molar-refractivity contribution >= 4 is 29.3 Å². The number of anilines is 3. The number of amides is 3. The number of rotatable bonds is 4. The molecule has 2 aromatic carbocycles. The Hall–Kier alpha value is -3.94. The standard InChI is InChI=1S/C22H22N6O2/c29-20(27-13-15-28(16-14-27)21-23-11-4-12-24-21)17-7-9-19(10-8-17)26-22(30)25-18-5-2-1-3-6-18/h1-12H,13-16H2,(H2,25,26,30). The van der Waals surface area contributed by atoms with Crippen molar-refractivity contribution in [1.29, 1.82) is 0 Å². The van der Waals surface area contributed by atoms with Crippen LogP contribution in [0.25, 0.3) is 0 Å². The number of urea groups is 1. The van der Waals surface area contributed by atoms with Gasteiger partial charge >= 0.3 is 6.03 Å². The monoisotopic (exact) mass is 402 g/mol. The van der Waals surface area contributed by atoms with Gasteiger partial charge in [-0.05, 0) is 42.5 Å². The van der Waals surface area contributed by atoms with Gasteiger partial charge in [0.1, 0.15) is 0 Å². The minimum atomic E-state index is -0.334. The average molecular weight is 402 g/mol. The molecule has 1 fully saturated rings. The molecule has 4 rings (SSSR count). The summed E-state index contributed by atoms with van der Waals surface area (Å²) in [7, 11) is 0. The largest absolute Gasteiger partial charge is 0.337 e. The fraction of sp³-hybridized carbons (Fsp3) is 0.182. The summed E-state index contributed by atoms with van der Waals surface area (Å²) >= 11 is 0. The van der Waals surface area contributed by atoms with E-state index in [1.165, 1.54) is 0 Å². The quantitative estimate of drug-likeness (QED) is 0.700. The zero-order chi connectivity index (χ0) is 20.8. The number of nitrogens with one attached hydrogen (secondary N) is 2. The zero-order valence-electron chi connectivity index (χ0n) is 16.4. The first-order valence-electron chi connectivity index (χ1n) is 9.73. The summed E-state index contributed by atoms with van der Waals surface area (Å²) in [5.41, 5.74) is 1.92. The van der Waals surface area contributed by atoms with Crippen molar-refractivity contribution in [3.8, 4) is 0 Å². The van der Waals surface area contributed by atoms with E-state index in [4.69, 9.17) is 0 Å². The van der Waals surface area contributed by atoms with E-state index in [1.54, 1.807) is 42.7 Å². The van der Waals surface area contributed by atoms with E-state index in [2.05, 4.69) is 25.5 Å². The third kappa shape index (κ3) is 4.72. The van der Waals surface area contributed by atoms with Crippen LogP contribution in [0.4, 0.5) is 22.1 Å². The fourth-order valence-corrected chi connectivity index (χ4v) is 3.26. The lowest BCUT2D eigenvalue weighted by Gasteiger charge is -2.34. The Morgan fingerprint density at radius 3 is 1.97 bits per heavy atom. The van der Waals surface area contributed by atoms with Crippen LogP contribution in [-0.4, -0.2) is 53.0 Å². The molecule has 0 bridgehead atoms. The molecule has 1 aliphatic rings. The number of piperazine rings is 1. The summed E-state index contributed by atoms with van der Waals surface area (Å²) in [6.45, 7) is 2.59. The van der Waals surface area contributed by atoms with Crippen molar-refractivity contribution < 1.29 is 9.59 Å². The van der Waals surface area contributed by atoms with Crippen molar-refractivity contribution in [2.24, 2.45) is 0 Å². The molecule has 3 aromatic rings. The molecule has 1 aromatic heterocycles. The SMILES string of the molecule is O=C(Nc1ccccc1)Nc1ccc(C(=O)N2CCN(c3ncccn3)CC2)cc1. The highest BCUT2D eigenvalue weighted by atomic mass is 16.2. The zero-order valence-corrected chi connectivity index (χ0v) is 16.4. The van der Waals surface area contributed by atoms with E-state index >= 15 is 0 Å². The number of carbonyl (C=O) groups excluding carboxylic acids is 2. The Bertz CT molecular complexity index is 987. The Morgan fingerprint density at radius 1 is 0.733 bits per heavy atom. The van der Waals surface area contributed by atoms with Crippen molar-refractivity contribution in [1.82, 2.24) is 14.9 Å². The number of para-hydroxylation sites is 1. The van der Waals surface area contributed by atoms with Crippen LogP contribution in [0.15, 0.2) is 73.1 Å². The highest BCUT2D eigenvalue weighted by Gasteiger charge is 2.23. The molecule has 0 spiro atoms. The number of benzene rings is 2. The Morgan fingerprint density at radius 2 is 1.33 bits per heavy atom. The van der Waals surface area contributed by atoms with Crippen molar-refractivity contribution in [2.75, 3.05) is 41.7 Å². The van der Waals surface area contributed by atoms with Gasteiger partial charge in [-0.3, -0.25) is 4.79 Å². The molecule has 0 saturated carbocycles. The van der Waals surface area contributed by atoms with E-state index in [9.17, 15) is 9.59 Å². The van der Waals surface area contributed by atoms with Crippen molar-refractivity contribution in [3.63, 3.8) is 0 Å². The second kappa shape index (κ2) is 9.04. The fourth-order valence-electron chi connectivity index (χ4n) is 3.26. The van der Waals surface area contributed by atoms with Crippen LogP contribution in [0.3, 0.4) is 0 Å². The minimum Gasteiger partial charge on any atom is -0.337 e. The van der Waals surface area contributed by atoms with Gasteiger partial charge in [-0.25, -0.2) is 14.8 Å². The van der Waals surface area contributed by atoms with E-state index in [0.717, 1.165) is 0 Å². The molecule has 152 valence electrons. The second-order valence-electron chi connectivity index (χ2n) is 6.85. The minimum absolute atomic E-state index is 0.0242. The maximum atomic E-state index is 12.8. The molecule has 1 aliphatic heterocycles. The van der Waals surface area contributed by atoms with Crippen LogP contribution in [0, 0.1) is 0 Å². The van der Waals surface area contributed by atoms with Crippen molar-refractivity contribution in [3.05, 3.63) is 78.6 Å². The third-order valence-electron chi connectivity index (χ3n) is 4.82. The van der Waals surface area contributed by atoms with Gasteiger partial charge < -0.3 is 20.4 Å². The van der Waals surface area contributed by atoms with Gasteiger partial charge in [0.15, 0.2) is 0 Å². The molecule has 2 N–H and O–H groups in total. The summed E-state index contributed by atoms with van der Waals surface area (Å²) in [4.78, 5) is 37.3. The molecule has 8 nitrogen and oxygen atoms in total. The number of carbonyl (C=O) groups is 2. The van der Waals surface area contributed by atoms with E-state index in [-0.39, 0.29) is 11.9 Å². The summed E-state index contributed by atoms with van der Waals surface area (Å²) in [6, 6.07) is 17.6. The average Bonchev–Trinajstić information content (AvgIpc) is 2.80. The molecule has 0 aliphatic carbocycles. The van der Waals surface area contributed by atoms with Gasteiger partial charge in [-0.15, -0.1) is 0 Å². The predicted octanol–water partition coefficient (Wildman–Crippen LogP) is 3.08. The highest BCUT2D eigenvalue weighted by Crippen LogP contribution is 2.15.